The molecule has 5 rings (SSSR count). The molecule has 0 spiro atoms. The van der Waals surface area contributed by atoms with Gasteiger partial charge < -0.3 is 4.57 Å². The molecule has 29 heavy (non-hydrogen) atoms. The Labute approximate surface area is 171 Å². The average molecular weight is 373 g/mol. The third kappa shape index (κ3) is 2.87. The molecule has 0 bridgehead atoms. The van der Waals surface area contributed by atoms with Crippen molar-refractivity contribution < 1.29 is 0 Å². The Balaban J connectivity index is 1.97. The fourth-order valence-electron chi connectivity index (χ4n) is 4.47. The van der Waals surface area contributed by atoms with E-state index in [0.717, 1.165) is 0 Å². The van der Waals surface area contributed by atoms with E-state index in [0.29, 0.717) is 0 Å². The normalized spacial score (nSPS) is 11.1. The third-order valence-corrected chi connectivity index (χ3v) is 5.73. The molecule has 0 fully saturated rings. The minimum atomic E-state index is 1.24. The molecule has 0 radical (unpaired) electrons. The molecule has 0 amide bonds. The molecular weight excluding hydrogens is 350 g/mol. The van der Waals surface area contributed by atoms with Crippen molar-refractivity contribution in [3.63, 3.8) is 0 Å². The maximum absolute atomic E-state index is 2.36. The van der Waals surface area contributed by atoms with E-state index in [1.807, 2.05) is 0 Å². The first-order valence-corrected chi connectivity index (χ1v) is 10.0. The van der Waals surface area contributed by atoms with Gasteiger partial charge >= 0.3 is 0 Å². The largest absolute Gasteiger partial charge is 0.343 e. The lowest BCUT2D eigenvalue weighted by Gasteiger charge is -2.12. The van der Waals surface area contributed by atoms with Crippen molar-refractivity contribution in [2.45, 2.75) is 6.92 Å². The van der Waals surface area contributed by atoms with Gasteiger partial charge in [-0.05, 0) is 34.7 Å². The highest BCUT2D eigenvalue weighted by atomic mass is 15.0. The van der Waals surface area contributed by atoms with Gasteiger partial charge in [0.05, 0.1) is 11.4 Å². The van der Waals surface area contributed by atoms with Crippen LogP contribution in [-0.4, -0.2) is 4.57 Å². The van der Waals surface area contributed by atoms with Gasteiger partial charge in [-0.3, -0.25) is 0 Å². The summed E-state index contributed by atoms with van der Waals surface area (Å²) >= 11 is 0. The highest BCUT2D eigenvalue weighted by Crippen LogP contribution is 2.44. The van der Waals surface area contributed by atoms with E-state index in [9.17, 15) is 0 Å². The molecule has 5 aromatic rings. The standard InChI is InChI=1S/C28H23N/c1-20-18-19-24-26(25(20)21-12-6-3-7-13-21)28(23-16-10-5-11-17-23)29(2)27(24)22-14-8-4-9-15-22/h3-19H,1-2H3. The van der Waals surface area contributed by atoms with Crippen LogP contribution in [0.25, 0.3) is 44.4 Å². The minimum absolute atomic E-state index is 1.24. The van der Waals surface area contributed by atoms with Gasteiger partial charge in [-0.15, -0.1) is 0 Å². The van der Waals surface area contributed by atoms with Crippen LogP contribution >= 0.6 is 0 Å². The first-order valence-electron chi connectivity index (χ1n) is 10.0. The second kappa shape index (κ2) is 7.10. The maximum Gasteiger partial charge on any atom is 0.0568 e. The van der Waals surface area contributed by atoms with E-state index in [-0.39, 0.29) is 0 Å². The number of hydrogen-bond donors (Lipinski definition) is 0. The Morgan fingerprint density at radius 2 is 1.00 bits per heavy atom. The van der Waals surface area contributed by atoms with Crippen molar-refractivity contribution in [2.24, 2.45) is 7.05 Å². The smallest absolute Gasteiger partial charge is 0.0568 e. The molecule has 0 aliphatic rings. The second-order valence-electron chi connectivity index (χ2n) is 7.53. The Kier molecular flexibility index (Phi) is 4.29. The van der Waals surface area contributed by atoms with E-state index < -0.39 is 0 Å². The van der Waals surface area contributed by atoms with Crippen LogP contribution in [0.5, 0.6) is 0 Å². The van der Waals surface area contributed by atoms with E-state index in [1.165, 1.54) is 50.0 Å². The van der Waals surface area contributed by atoms with Crippen LogP contribution in [0.2, 0.25) is 0 Å². The van der Waals surface area contributed by atoms with Gasteiger partial charge in [0.1, 0.15) is 0 Å². The van der Waals surface area contributed by atoms with E-state index in [2.05, 4.69) is 122 Å². The van der Waals surface area contributed by atoms with Gasteiger partial charge in [0.2, 0.25) is 0 Å². The van der Waals surface area contributed by atoms with E-state index in [1.54, 1.807) is 0 Å². The van der Waals surface area contributed by atoms with Crippen LogP contribution in [0, 0.1) is 6.92 Å². The van der Waals surface area contributed by atoms with Crippen molar-refractivity contribution in [1.29, 1.82) is 0 Å². The Hall–Kier alpha value is -3.58. The van der Waals surface area contributed by atoms with Crippen LogP contribution < -0.4 is 0 Å². The summed E-state index contributed by atoms with van der Waals surface area (Å²) in [5.74, 6) is 0. The molecule has 0 atom stereocenters. The maximum atomic E-state index is 2.36. The first-order chi connectivity index (χ1) is 14.3. The summed E-state index contributed by atoms with van der Waals surface area (Å²) in [6.45, 7) is 2.21. The number of hydrogen-bond acceptors (Lipinski definition) is 0. The molecule has 1 heteroatoms. The summed E-state index contributed by atoms with van der Waals surface area (Å²) < 4.78 is 2.36. The molecule has 0 unspecified atom stereocenters. The number of nitrogens with zero attached hydrogens (tertiary/aromatic N) is 1. The van der Waals surface area contributed by atoms with Gasteiger partial charge in [-0.25, -0.2) is 0 Å². The summed E-state index contributed by atoms with van der Waals surface area (Å²) in [4.78, 5) is 0. The van der Waals surface area contributed by atoms with Crippen molar-refractivity contribution in [2.75, 3.05) is 0 Å². The number of aryl methyl sites for hydroxylation is 1. The molecule has 0 saturated carbocycles. The number of rotatable bonds is 3. The molecule has 0 aliphatic carbocycles. The summed E-state index contributed by atoms with van der Waals surface area (Å²) in [5, 5.41) is 2.62. The second-order valence-corrected chi connectivity index (χ2v) is 7.53. The molecule has 140 valence electrons. The van der Waals surface area contributed by atoms with Crippen molar-refractivity contribution >= 4 is 10.8 Å². The molecule has 1 aromatic heterocycles. The summed E-state index contributed by atoms with van der Waals surface area (Å²) in [7, 11) is 2.19. The lowest BCUT2D eigenvalue weighted by atomic mass is 9.92. The van der Waals surface area contributed by atoms with Crippen LogP contribution in [0.1, 0.15) is 5.56 Å². The molecule has 0 aliphatic heterocycles. The van der Waals surface area contributed by atoms with Crippen LogP contribution in [0.15, 0.2) is 103 Å². The Bertz CT molecular complexity index is 1280. The van der Waals surface area contributed by atoms with Gasteiger partial charge in [0.15, 0.2) is 0 Å². The van der Waals surface area contributed by atoms with Crippen molar-refractivity contribution in [3.05, 3.63) is 109 Å². The quantitative estimate of drug-likeness (QED) is 0.309. The summed E-state index contributed by atoms with van der Waals surface area (Å²) in [6.07, 6.45) is 0. The predicted molar refractivity (Wildman–Crippen MR) is 124 cm³/mol. The van der Waals surface area contributed by atoms with Gasteiger partial charge in [0.25, 0.3) is 0 Å². The fourth-order valence-corrected chi connectivity index (χ4v) is 4.47. The van der Waals surface area contributed by atoms with E-state index in [4.69, 9.17) is 0 Å². The Morgan fingerprint density at radius 1 is 0.517 bits per heavy atom. The van der Waals surface area contributed by atoms with Crippen LogP contribution in [-0.2, 0) is 7.05 Å². The monoisotopic (exact) mass is 373 g/mol. The number of fused-ring (bicyclic) bond motifs is 1. The molecule has 0 saturated heterocycles. The SMILES string of the molecule is Cc1ccc2c(-c3ccccc3)n(C)c(-c3ccccc3)c2c1-c1ccccc1. The lowest BCUT2D eigenvalue weighted by Crippen LogP contribution is -1.95. The van der Waals surface area contributed by atoms with Crippen molar-refractivity contribution in [3.8, 4) is 33.6 Å². The Morgan fingerprint density at radius 3 is 1.55 bits per heavy atom. The fraction of sp³-hybridized carbons (Fsp3) is 0.0714. The minimum Gasteiger partial charge on any atom is -0.343 e. The molecule has 1 heterocycles. The zero-order chi connectivity index (χ0) is 19.8. The highest BCUT2D eigenvalue weighted by molar-refractivity contribution is 6.13. The van der Waals surface area contributed by atoms with Gasteiger partial charge in [-0.1, -0.05) is 103 Å². The van der Waals surface area contributed by atoms with E-state index >= 15 is 0 Å². The number of aromatic nitrogens is 1. The topological polar surface area (TPSA) is 4.93 Å². The molecule has 0 N–H and O–H groups in total. The van der Waals surface area contributed by atoms with Gasteiger partial charge in [-0.2, -0.15) is 0 Å². The molecular formula is C28H23N. The highest BCUT2D eigenvalue weighted by Gasteiger charge is 2.21. The molecule has 1 nitrogen and oxygen atoms in total. The summed E-state index contributed by atoms with van der Waals surface area (Å²) in [5.41, 5.74) is 8.89. The van der Waals surface area contributed by atoms with Crippen molar-refractivity contribution in [1.82, 2.24) is 4.57 Å². The third-order valence-electron chi connectivity index (χ3n) is 5.73. The molecule has 4 aromatic carbocycles. The van der Waals surface area contributed by atoms with Crippen LogP contribution in [0.3, 0.4) is 0 Å². The summed E-state index contributed by atoms with van der Waals surface area (Å²) in [6, 6.07) is 36.7. The zero-order valence-corrected chi connectivity index (χ0v) is 16.8. The lowest BCUT2D eigenvalue weighted by molar-refractivity contribution is 0.951. The van der Waals surface area contributed by atoms with Gasteiger partial charge in [0, 0.05) is 17.8 Å². The average Bonchev–Trinajstić information content (AvgIpc) is 3.07. The first kappa shape index (κ1) is 17.5. The van der Waals surface area contributed by atoms with Crippen LogP contribution in [0.4, 0.5) is 0 Å². The number of benzene rings is 4. The zero-order valence-electron chi connectivity index (χ0n) is 16.8. The predicted octanol–water partition coefficient (Wildman–Crippen LogP) is 7.49.